The van der Waals surface area contributed by atoms with Crippen LogP contribution in [0.2, 0.25) is 0 Å². The molecule has 0 fully saturated rings. The average Bonchev–Trinajstić information content (AvgIpc) is 2.70. The van der Waals surface area contributed by atoms with Crippen LogP contribution in [-0.2, 0) is 14.8 Å². The van der Waals surface area contributed by atoms with Gasteiger partial charge in [0.1, 0.15) is 5.75 Å². The zero-order chi connectivity index (χ0) is 20.9. The van der Waals surface area contributed by atoms with Crippen LogP contribution in [0.1, 0.15) is 11.1 Å². The van der Waals surface area contributed by atoms with E-state index in [-0.39, 0.29) is 17.4 Å². The largest absolute Gasteiger partial charge is 0.484 e. The van der Waals surface area contributed by atoms with Crippen molar-refractivity contribution >= 4 is 27.3 Å². The van der Waals surface area contributed by atoms with E-state index in [1.165, 1.54) is 24.3 Å². The number of benzene rings is 3. The molecule has 3 aromatic rings. The number of carbonyl (C=O) groups excluding carboxylic acids is 1. The van der Waals surface area contributed by atoms with Gasteiger partial charge in [0.2, 0.25) is 0 Å². The van der Waals surface area contributed by atoms with Crippen LogP contribution in [0.5, 0.6) is 5.75 Å². The van der Waals surface area contributed by atoms with Gasteiger partial charge in [0.25, 0.3) is 15.9 Å². The lowest BCUT2D eigenvalue weighted by Gasteiger charge is -2.10. The predicted octanol–water partition coefficient (Wildman–Crippen LogP) is 4.12. The van der Waals surface area contributed by atoms with Crippen LogP contribution in [0.4, 0.5) is 11.4 Å². The van der Waals surface area contributed by atoms with Crippen LogP contribution in [0.3, 0.4) is 0 Å². The molecule has 7 heteroatoms. The van der Waals surface area contributed by atoms with E-state index in [4.69, 9.17) is 4.74 Å². The summed E-state index contributed by atoms with van der Waals surface area (Å²) < 4.78 is 32.9. The number of ether oxygens (including phenoxy) is 1. The molecule has 0 spiro atoms. The Morgan fingerprint density at radius 3 is 2.21 bits per heavy atom. The van der Waals surface area contributed by atoms with Gasteiger partial charge in [0.05, 0.1) is 4.90 Å². The van der Waals surface area contributed by atoms with Gasteiger partial charge in [0, 0.05) is 11.4 Å². The summed E-state index contributed by atoms with van der Waals surface area (Å²) in [4.78, 5) is 12.2. The van der Waals surface area contributed by atoms with Crippen molar-refractivity contribution in [2.75, 3.05) is 16.6 Å². The summed E-state index contributed by atoms with van der Waals surface area (Å²) in [5, 5.41) is 2.69. The van der Waals surface area contributed by atoms with Crippen molar-refractivity contribution in [3.8, 4) is 5.75 Å². The number of rotatable bonds is 7. The number of amides is 1. The van der Waals surface area contributed by atoms with Crippen molar-refractivity contribution < 1.29 is 17.9 Å². The van der Waals surface area contributed by atoms with Gasteiger partial charge in [-0.2, -0.15) is 0 Å². The molecule has 0 aliphatic carbocycles. The second-order valence-corrected chi connectivity index (χ2v) is 8.26. The Balaban J connectivity index is 1.58. The van der Waals surface area contributed by atoms with Gasteiger partial charge < -0.3 is 10.1 Å². The van der Waals surface area contributed by atoms with Crippen LogP contribution < -0.4 is 14.8 Å². The van der Waals surface area contributed by atoms with Crippen LogP contribution >= 0.6 is 0 Å². The summed E-state index contributed by atoms with van der Waals surface area (Å²) >= 11 is 0. The third-order valence-electron chi connectivity index (χ3n) is 4.32. The highest BCUT2D eigenvalue weighted by molar-refractivity contribution is 7.92. The predicted molar refractivity (Wildman–Crippen MR) is 114 cm³/mol. The van der Waals surface area contributed by atoms with Gasteiger partial charge in [-0.1, -0.05) is 24.3 Å². The number of para-hydroxylation sites is 1. The maximum atomic E-state index is 12.4. The lowest BCUT2D eigenvalue weighted by molar-refractivity contribution is -0.118. The van der Waals surface area contributed by atoms with Crippen molar-refractivity contribution in [3.63, 3.8) is 0 Å². The summed E-state index contributed by atoms with van der Waals surface area (Å²) in [6, 6.07) is 20.2. The zero-order valence-electron chi connectivity index (χ0n) is 16.2. The Morgan fingerprint density at radius 2 is 1.55 bits per heavy atom. The molecule has 0 saturated carbocycles. The van der Waals surface area contributed by atoms with E-state index >= 15 is 0 Å². The summed E-state index contributed by atoms with van der Waals surface area (Å²) in [6.07, 6.45) is 0. The van der Waals surface area contributed by atoms with E-state index in [1.807, 2.05) is 32.0 Å². The number of sulfonamides is 1. The molecule has 29 heavy (non-hydrogen) atoms. The lowest BCUT2D eigenvalue weighted by Crippen LogP contribution is -2.20. The van der Waals surface area contributed by atoms with E-state index in [0.717, 1.165) is 11.1 Å². The Bertz CT molecular complexity index is 1100. The van der Waals surface area contributed by atoms with Crippen molar-refractivity contribution in [3.05, 3.63) is 83.9 Å². The Labute approximate surface area is 170 Å². The first-order chi connectivity index (χ1) is 13.8. The molecule has 6 nitrogen and oxygen atoms in total. The first-order valence-electron chi connectivity index (χ1n) is 9.01. The number of nitrogens with one attached hydrogen (secondary N) is 2. The van der Waals surface area contributed by atoms with E-state index in [2.05, 4.69) is 10.0 Å². The molecular weight excluding hydrogens is 388 g/mol. The third kappa shape index (κ3) is 5.58. The molecule has 0 atom stereocenters. The highest BCUT2D eigenvalue weighted by Gasteiger charge is 2.14. The molecule has 0 aliphatic rings. The summed E-state index contributed by atoms with van der Waals surface area (Å²) in [5.74, 6) is 0.290. The Morgan fingerprint density at radius 1 is 0.862 bits per heavy atom. The zero-order valence-corrected chi connectivity index (χ0v) is 17.0. The molecule has 0 heterocycles. The smallest absolute Gasteiger partial charge is 0.262 e. The quantitative estimate of drug-likeness (QED) is 0.614. The number of hydrogen-bond donors (Lipinski definition) is 2. The van der Waals surface area contributed by atoms with Gasteiger partial charge >= 0.3 is 0 Å². The van der Waals surface area contributed by atoms with Gasteiger partial charge in [-0.25, -0.2) is 8.42 Å². The molecule has 0 saturated heterocycles. The fourth-order valence-corrected chi connectivity index (χ4v) is 3.65. The maximum absolute atomic E-state index is 12.4. The van der Waals surface area contributed by atoms with E-state index in [9.17, 15) is 13.2 Å². The maximum Gasteiger partial charge on any atom is 0.262 e. The van der Waals surface area contributed by atoms with Gasteiger partial charge in [-0.3, -0.25) is 9.52 Å². The molecule has 0 unspecified atom stereocenters. The molecule has 0 radical (unpaired) electrons. The minimum atomic E-state index is -3.70. The number of aryl methyl sites for hydroxylation is 2. The summed E-state index contributed by atoms with van der Waals surface area (Å²) in [7, 11) is -3.70. The van der Waals surface area contributed by atoms with Gasteiger partial charge in [0.15, 0.2) is 6.61 Å². The minimum absolute atomic E-state index is 0.103. The van der Waals surface area contributed by atoms with E-state index in [0.29, 0.717) is 17.1 Å². The summed E-state index contributed by atoms with van der Waals surface area (Å²) in [5.41, 5.74) is 3.20. The Kier molecular flexibility index (Phi) is 6.19. The second-order valence-electron chi connectivity index (χ2n) is 6.58. The second kappa shape index (κ2) is 8.79. The molecule has 3 rings (SSSR count). The van der Waals surface area contributed by atoms with Crippen LogP contribution in [0.15, 0.2) is 77.7 Å². The fourth-order valence-electron chi connectivity index (χ4n) is 2.59. The van der Waals surface area contributed by atoms with Crippen LogP contribution in [0, 0.1) is 13.8 Å². The lowest BCUT2D eigenvalue weighted by atomic mass is 10.1. The molecule has 0 aliphatic heterocycles. The van der Waals surface area contributed by atoms with Crippen molar-refractivity contribution in [1.29, 1.82) is 0 Å². The fraction of sp³-hybridized carbons (Fsp3) is 0.136. The van der Waals surface area contributed by atoms with Crippen molar-refractivity contribution in [2.45, 2.75) is 18.7 Å². The average molecular weight is 410 g/mol. The first-order valence-corrected chi connectivity index (χ1v) is 10.5. The molecule has 2 N–H and O–H groups in total. The number of hydrogen-bond acceptors (Lipinski definition) is 4. The summed E-state index contributed by atoms with van der Waals surface area (Å²) in [6.45, 7) is 3.84. The molecule has 0 bridgehead atoms. The van der Waals surface area contributed by atoms with Gasteiger partial charge in [-0.15, -0.1) is 0 Å². The number of anilines is 2. The molecule has 0 aromatic heterocycles. The standard InChI is InChI=1S/C22H22N2O4S/c1-16-8-11-20(14-17(16)2)28-15-22(25)23-18-9-12-21(13-10-18)29(26,27)24-19-6-4-3-5-7-19/h3-14,24H,15H2,1-2H3,(H,23,25). The minimum Gasteiger partial charge on any atom is -0.484 e. The van der Waals surface area contributed by atoms with Crippen LogP contribution in [0.25, 0.3) is 0 Å². The third-order valence-corrected chi connectivity index (χ3v) is 5.72. The molecule has 1 amide bonds. The van der Waals surface area contributed by atoms with Gasteiger partial charge in [-0.05, 0) is 73.5 Å². The molecular formula is C22H22N2O4S. The van der Waals surface area contributed by atoms with Crippen LogP contribution in [-0.4, -0.2) is 20.9 Å². The molecule has 150 valence electrons. The highest BCUT2D eigenvalue weighted by Crippen LogP contribution is 2.19. The number of carbonyl (C=O) groups is 1. The first kappa shape index (κ1) is 20.4. The topological polar surface area (TPSA) is 84.5 Å². The van der Waals surface area contributed by atoms with Crippen molar-refractivity contribution in [2.24, 2.45) is 0 Å². The van der Waals surface area contributed by atoms with E-state index < -0.39 is 10.0 Å². The normalized spacial score (nSPS) is 11.0. The Hall–Kier alpha value is -3.32. The molecule has 3 aromatic carbocycles. The SMILES string of the molecule is Cc1ccc(OCC(=O)Nc2ccc(S(=O)(=O)Nc3ccccc3)cc2)cc1C. The monoisotopic (exact) mass is 410 g/mol. The van der Waals surface area contributed by atoms with E-state index in [1.54, 1.807) is 30.3 Å². The highest BCUT2D eigenvalue weighted by atomic mass is 32.2. The van der Waals surface area contributed by atoms with Crippen molar-refractivity contribution in [1.82, 2.24) is 0 Å².